The molecule has 0 heterocycles. The third-order valence-electron chi connectivity index (χ3n) is 3.87. The summed E-state index contributed by atoms with van der Waals surface area (Å²) in [5, 5.41) is 19.7. The summed E-state index contributed by atoms with van der Waals surface area (Å²) in [6.45, 7) is 10.2. The van der Waals surface area contributed by atoms with E-state index in [2.05, 4.69) is 32.9 Å². The van der Waals surface area contributed by atoms with Crippen LogP contribution in [0.4, 0.5) is 0 Å². The maximum atomic E-state index is 10.2. The van der Waals surface area contributed by atoms with Crippen molar-refractivity contribution in [2.75, 3.05) is 0 Å². The second-order valence-electron chi connectivity index (χ2n) is 6.86. The Morgan fingerprint density at radius 3 is 2.09 bits per heavy atom. The van der Waals surface area contributed by atoms with Crippen molar-refractivity contribution in [3.05, 3.63) is 58.1 Å². The van der Waals surface area contributed by atoms with E-state index in [1.54, 1.807) is 6.07 Å². The van der Waals surface area contributed by atoms with Crippen molar-refractivity contribution >= 4 is 12.2 Å². The number of hydrogen-bond donors (Lipinski definition) is 2. The Balaban J connectivity index is 2.40. The first-order chi connectivity index (χ1) is 10.2. The molecule has 2 rings (SSSR count). The average molecular weight is 296 g/mol. The van der Waals surface area contributed by atoms with Gasteiger partial charge in [-0.1, -0.05) is 39.0 Å². The molecule has 0 aliphatic carbocycles. The zero-order valence-electron chi connectivity index (χ0n) is 13.9. The van der Waals surface area contributed by atoms with Gasteiger partial charge in [0.15, 0.2) is 0 Å². The molecule has 0 radical (unpaired) electrons. The van der Waals surface area contributed by atoms with Crippen molar-refractivity contribution < 1.29 is 10.2 Å². The van der Waals surface area contributed by atoms with E-state index in [1.807, 2.05) is 38.1 Å². The third kappa shape index (κ3) is 3.51. The average Bonchev–Trinajstić information content (AvgIpc) is 2.40. The highest BCUT2D eigenvalue weighted by Crippen LogP contribution is 2.33. The minimum Gasteiger partial charge on any atom is -0.508 e. The van der Waals surface area contributed by atoms with E-state index in [0.717, 1.165) is 27.8 Å². The molecular weight excluding hydrogens is 272 g/mol. The minimum absolute atomic E-state index is 0.102. The zero-order chi connectivity index (χ0) is 16.5. The molecule has 2 aromatic rings. The maximum absolute atomic E-state index is 10.2. The van der Waals surface area contributed by atoms with Crippen LogP contribution in [0.2, 0.25) is 0 Å². The smallest absolute Gasteiger partial charge is 0.119 e. The number of phenolic OH excluding ortho intramolecular Hbond substituents is 2. The van der Waals surface area contributed by atoms with Gasteiger partial charge in [0.1, 0.15) is 11.5 Å². The lowest BCUT2D eigenvalue weighted by Gasteiger charge is -2.21. The van der Waals surface area contributed by atoms with Gasteiger partial charge in [0.05, 0.1) is 0 Å². The van der Waals surface area contributed by atoms with Crippen molar-refractivity contribution in [1.82, 2.24) is 0 Å². The lowest BCUT2D eigenvalue weighted by Crippen LogP contribution is -2.11. The Morgan fingerprint density at radius 1 is 0.818 bits per heavy atom. The van der Waals surface area contributed by atoms with Crippen LogP contribution in [0, 0.1) is 13.8 Å². The molecule has 0 amide bonds. The first-order valence-electron chi connectivity index (χ1n) is 7.50. The number of benzene rings is 2. The van der Waals surface area contributed by atoms with Gasteiger partial charge in [0.25, 0.3) is 0 Å². The minimum atomic E-state index is -0.102. The summed E-state index contributed by atoms with van der Waals surface area (Å²) >= 11 is 0. The molecule has 2 aromatic carbocycles. The molecule has 2 nitrogen and oxygen atoms in total. The molecule has 2 N–H and O–H groups in total. The van der Waals surface area contributed by atoms with Gasteiger partial charge >= 0.3 is 0 Å². The van der Waals surface area contributed by atoms with Crippen LogP contribution in [-0.4, -0.2) is 10.2 Å². The largest absolute Gasteiger partial charge is 0.508 e. The lowest BCUT2D eigenvalue weighted by molar-refractivity contribution is 0.446. The lowest BCUT2D eigenvalue weighted by atomic mass is 9.84. The van der Waals surface area contributed by atoms with Crippen LogP contribution in [0.25, 0.3) is 12.2 Å². The highest BCUT2D eigenvalue weighted by Gasteiger charge is 2.18. The van der Waals surface area contributed by atoms with Crippen LogP contribution in [0.1, 0.15) is 48.6 Å². The molecule has 0 saturated carbocycles. The van der Waals surface area contributed by atoms with Crippen LogP contribution in [-0.2, 0) is 5.41 Å². The van der Waals surface area contributed by atoms with E-state index in [4.69, 9.17) is 0 Å². The van der Waals surface area contributed by atoms with E-state index < -0.39 is 0 Å². The molecule has 0 fully saturated rings. The quantitative estimate of drug-likeness (QED) is 0.749. The summed E-state index contributed by atoms with van der Waals surface area (Å²) < 4.78 is 0. The molecule has 0 spiro atoms. The Labute approximate surface area is 132 Å². The fraction of sp³-hybridized carbons (Fsp3) is 0.300. The van der Waals surface area contributed by atoms with Gasteiger partial charge in [-0.05, 0) is 71.3 Å². The second kappa shape index (κ2) is 5.88. The van der Waals surface area contributed by atoms with E-state index in [0.29, 0.717) is 11.5 Å². The summed E-state index contributed by atoms with van der Waals surface area (Å²) in [6.07, 6.45) is 4.08. The third-order valence-corrected chi connectivity index (χ3v) is 3.87. The van der Waals surface area contributed by atoms with Gasteiger partial charge in [-0.2, -0.15) is 0 Å². The fourth-order valence-corrected chi connectivity index (χ4v) is 2.46. The molecule has 2 heteroatoms. The number of hydrogen-bond acceptors (Lipinski definition) is 2. The van der Waals surface area contributed by atoms with Gasteiger partial charge in [-0.15, -0.1) is 0 Å². The van der Waals surface area contributed by atoms with Gasteiger partial charge in [0, 0.05) is 0 Å². The number of phenols is 2. The van der Waals surface area contributed by atoms with Crippen LogP contribution >= 0.6 is 0 Å². The molecule has 0 atom stereocenters. The topological polar surface area (TPSA) is 40.5 Å². The summed E-state index contributed by atoms with van der Waals surface area (Å²) in [7, 11) is 0. The summed E-state index contributed by atoms with van der Waals surface area (Å²) in [5.41, 5.74) is 4.88. The first-order valence-corrected chi connectivity index (χ1v) is 7.50. The second-order valence-corrected chi connectivity index (χ2v) is 6.86. The monoisotopic (exact) mass is 296 g/mol. The van der Waals surface area contributed by atoms with Crippen molar-refractivity contribution in [3.63, 3.8) is 0 Å². The van der Waals surface area contributed by atoms with Crippen LogP contribution in [0.5, 0.6) is 11.5 Å². The summed E-state index contributed by atoms with van der Waals surface area (Å²) in [5.74, 6) is 0.663. The Morgan fingerprint density at radius 2 is 1.50 bits per heavy atom. The standard InChI is InChI=1S/C20H24O2/c1-13-11-19(22)17(20(3,4)5)12-16(13)8-6-15-7-9-18(21)14(2)10-15/h6-12,21-22H,1-5H3. The summed E-state index contributed by atoms with van der Waals surface area (Å²) in [4.78, 5) is 0. The normalized spacial score (nSPS) is 12.0. The predicted molar refractivity (Wildman–Crippen MR) is 93.3 cm³/mol. The van der Waals surface area contributed by atoms with E-state index in [1.165, 1.54) is 0 Å². The molecule has 22 heavy (non-hydrogen) atoms. The highest BCUT2D eigenvalue weighted by molar-refractivity contribution is 5.73. The maximum Gasteiger partial charge on any atom is 0.119 e. The molecule has 0 unspecified atom stereocenters. The molecule has 0 bridgehead atoms. The SMILES string of the molecule is Cc1cc(C=Cc2cc(C(C)(C)C)c(O)cc2C)ccc1O. The first kappa shape index (κ1) is 16.2. The van der Waals surface area contributed by atoms with E-state index in [9.17, 15) is 10.2 Å². The van der Waals surface area contributed by atoms with Crippen LogP contribution in [0.15, 0.2) is 30.3 Å². The van der Waals surface area contributed by atoms with Crippen molar-refractivity contribution in [2.24, 2.45) is 0 Å². The molecule has 116 valence electrons. The zero-order valence-corrected chi connectivity index (χ0v) is 13.9. The van der Waals surface area contributed by atoms with Gasteiger partial charge in [-0.25, -0.2) is 0 Å². The molecule has 0 aliphatic rings. The molecule has 0 saturated heterocycles. The van der Waals surface area contributed by atoms with Gasteiger partial charge in [0.2, 0.25) is 0 Å². The summed E-state index contributed by atoms with van der Waals surface area (Å²) in [6, 6.07) is 9.42. The number of rotatable bonds is 2. The Kier molecular flexibility index (Phi) is 4.32. The molecule has 0 aromatic heterocycles. The predicted octanol–water partition coefficient (Wildman–Crippen LogP) is 5.18. The van der Waals surface area contributed by atoms with Crippen LogP contribution in [0.3, 0.4) is 0 Å². The molecule has 0 aliphatic heterocycles. The van der Waals surface area contributed by atoms with Crippen molar-refractivity contribution in [1.29, 1.82) is 0 Å². The fourth-order valence-electron chi connectivity index (χ4n) is 2.46. The number of aryl methyl sites for hydroxylation is 2. The van der Waals surface area contributed by atoms with Crippen molar-refractivity contribution in [2.45, 2.75) is 40.0 Å². The molecular formula is C20H24O2. The van der Waals surface area contributed by atoms with Crippen LogP contribution < -0.4 is 0 Å². The van der Waals surface area contributed by atoms with E-state index >= 15 is 0 Å². The van der Waals surface area contributed by atoms with Gasteiger partial charge in [-0.3, -0.25) is 0 Å². The van der Waals surface area contributed by atoms with E-state index in [-0.39, 0.29) is 5.41 Å². The van der Waals surface area contributed by atoms with Gasteiger partial charge < -0.3 is 10.2 Å². The number of aromatic hydroxyl groups is 2. The highest BCUT2D eigenvalue weighted by atomic mass is 16.3. The Hall–Kier alpha value is -2.22. The van der Waals surface area contributed by atoms with Crippen molar-refractivity contribution in [3.8, 4) is 11.5 Å². The Bertz CT molecular complexity index is 719.